The van der Waals surface area contributed by atoms with Crippen molar-refractivity contribution >= 4 is 22.6 Å². The van der Waals surface area contributed by atoms with Crippen molar-refractivity contribution < 1.29 is 14.3 Å². The molecule has 2 aliphatic carbocycles. The number of rotatable bonds is 3. The van der Waals surface area contributed by atoms with Crippen LogP contribution in [0.15, 0.2) is 42.5 Å². The van der Waals surface area contributed by atoms with E-state index in [1.54, 1.807) is 0 Å². The van der Waals surface area contributed by atoms with E-state index in [1.807, 2.05) is 12.1 Å². The van der Waals surface area contributed by atoms with E-state index < -0.39 is 5.54 Å². The number of esters is 1. The monoisotopic (exact) mass is 337 g/mol. The first kappa shape index (κ1) is 16.1. The van der Waals surface area contributed by atoms with Crippen molar-refractivity contribution in [2.45, 2.75) is 44.1 Å². The number of fused-ring (bicyclic) bond motifs is 1. The van der Waals surface area contributed by atoms with Gasteiger partial charge in [-0.15, -0.1) is 0 Å². The van der Waals surface area contributed by atoms with E-state index in [0.717, 1.165) is 23.8 Å². The van der Waals surface area contributed by atoms with Gasteiger partial charge in [-0.1, -0.05) is 48.9 Å². The summed E-state index contributed by atoms with van der Waals surface area (Å²) in [5.41, 5.74) is 0.284. The van der Waals surface area contributed by atoms with E-state index >= 15 is 0 Å². The van der Waals surface area contributed by atoms with Crippen molar-refractivity contribution in [3.8, 4) is 0 Å². The van der Waals surface area contributed by atoms with Crippen molar-refractivity contribution in [1.82, 2.24) is 5.32 Å². The van der Waals surface area contributed by atoms with Gasteiger partial charge in [0.15, 0.2) is 0 Å². The zero-order valence-corrected chi connectivity index (χ0v) is 14.7. The van der Waals surface area contributed by atoms with E-state index in [9.17, 15) is 9.59 Å². The minimum absolute atomic E-state index is 0.0327. The molecule has 2 aliphatic rings. The predicted octanol–water partition coefficient (Wildman–Crippen LogP) is 3.55. The summed E-state index contributed by atoms with van der Waals surface area (Å²) >= 11 is 0. The van der Waals surface area contributed by atoms with Crippen LogP contribution in [-0.4, -0.2) is 24.5 Å². The second kappa shape index (κ2) is 5.58. The lowest BCUT2D eigenvalue weighted by atomic mass is 9.40. The fourth-order valence-electron chi connectivity index (χ4n) is 5.13. The van der Waals surface area contributed by atoms with Gasteiger partial charge < -0.3 is 10.1 Å². The van der Waals surface area contributed by atoms with Crippen molar-refractivity contribution in [2.24, 2.45) is 5.41 Å². The van der Waals surface area contributed by atoms with Crippen LogP contribution in [0.3, 0.4) is 0 Å². The van der Waals surface area contributed by atoms with Crippen LogP contribution < -0.4 is 5.32 Å². The summed E-state index contributed by atoms with van der Waals surface area (Å²) < 4.78 is 5.11. The highest BCUT2D eigenvalue weighted by Crippen LogP contribution is 2.68. The number of carbonyl (C=O) groups is 2. The van der Waals surface area contributed by atoms with Gasteiger partial charge in [-0.3, -0.25) is 4.79 Å². The molecular weight excluding hydrogens is 314 g/mol. The van der Waals surface area contributed by atoms with E-state index in [4.69, 9.17) is 4.74 Å². The Morgan fingerprint density at radius 1 is 1.12 bits per heavy atom. The fraction of sp³-hybridized carbons (Fsp3) is 0.429. The molecule has 1 N–H and O–H groups in total. The molecule has 2 unspecified atom stereocenters. The third kappa shape index (κ3) is 2.27. The summed E-state index contributed by atoms with van der Waals surface area (Å²) in [6.07, 6.45) is 4.05. The number of methoxy groups -OCH3 is 1. The standard InChI is InChI=1S/C21H23NO3/c1-14(23)22-21(19(24)25-2)13-20(10-5-11-20)18(21)17-9-8-15-6-3-4-7-16(15)12-17/h3-4,6-9,12,18H,5,10-11,13H2,1-2H3,(H,22,23). The highest BCUT2D eigenvalue weighted by atomic mass is 16.5. The van der Waals surface area contributed by atoms with Crippen LogP contribution in [0.1, 0.15) is 44.1 Å². The van der Waals surface area contributed by atoms with Gasteiger partial charge in [-0.25, -0.2) is 4.79 Å². The average molecular weight is 337 g/mol. The van der Waals surface area contributed by atoms with Crippen LogP contribution in [0.25, 0.3) is 10.8 Å². The number of hydrogen-bond donors (Lipinski definition) is 1. The Morgan fingerprint density at radius 2 is 1.84 bits per heavy atom. The molecule has 25 heavy (non-hydrogen) atoms. The number of ether oxygens (including phenoxy) is 1. The second-order valence-electron chi connectivity index (χ2n) is 7.58. The summed E-state index contributed by atoms with van der Waals surface area (Å²) in [5.74, 6) is -0.557. The van der Waals surface area contributed by atoms with E-state index in [2.05, 4.69) is 35.6 Å². The zero-order chi connectivity index (χ0) is 17.7. The van der Waals surface area contributed by atoms with E-state index in [0.29, 0.717) is 6.42 Å². The molecule has 0 saturated heterocycles. The van der Waals surface area contributed by atoms with E-state index in [1.165, 1.54) is 25.8 Å². The molecule has 4 heteroatoms. The molecular formula is C21H23NO3. The molecule has 1 spiro atoms. The van der Waals surface area contributed by atoms with Gasteiger partial charge in [0.1, 0.15) is 5.54 Å². The quantitative estimate of drug-likeness (QED) is 0.872. The molecule has 2 saturated carbocycles. The normalized spacial score (nSPS) is 26.6. The molecule has 130 valence electrons. The SMILES string of the molecule is COC(=O)C1(NC(C)=O)CC2(CCC2)C1c1ccc2ccccc2c1. The largest absolute Gasteiger partial charge is 0.467 e. The van der Waals surface area contributed by atoms with Crippen LogP contribution in [0, 0.1) is 5.41 Å². The molecule has 2 aromatic rings. The summed E-state index contributed by atoms with van der Waals surface area (Å²) in [6.45, 7) is 1.47. The molecule has 0 aliphatic heterocycles. The molecule has 1 amide bonds. The molecule has 0 bridgehead atoms. The molecule has 4 nitrogen and oxygen atoms in total. The first-order chi connectivity index (χ1) is 12.0. The molecule has 2 atom stereocenters. The highest BCUT2D eigenvalue weighted by Gasteiger charge is 2.70. The van der Waals surface area contributed by atoms with Crippen molar-refractivity contribution in [3.05, 3.63) is 48.0 Å². The fourth-order valence-corrected chi connectivity index (χ4v) is 5.13. The summed E-state index contributed by atoms with van der Waals surface area (Å²) in [5, 5.41) is 5.28. The minimum atomic E-state index is -0.941. The maximum absolute atomic E-state index is 12.7. The van der Waals surface area contributed by atoms with Gasteiger partial charge in [-0.05, 0) is 41.0 Å². The predicted molar refractivity (Wildman–Crippen MR) is 96.2 cm³/mol. The lowest BCUT2D eigenvalue weighted by Crippen LogP contribution is -2.73. The third-order valence-electron chi connectivity index (χ3n) is 6.14. The molecule has 0 radical (unpaired) electrons. The minimum Gasteiger partial charge on any atom is -0.467 e. The summed E-state index contributed by atoms with van der Waals surface area (Å²) in [4.78, 5) is 24.5. The number of carbonyl (C=O) groups excluding carboxylic acids is 2. The third-order valence-corrected chi connectivity index (χ3v) is 6.14. The first-order valence-electron chi connectivity index (χ1n) is 8.87. The van der Waals surface area contributed by atoms with Gasteiger partial charge in [0, 0.05) is 12.8 Å². The number of nitrogens with one attached hydrogen (secondary N) is 1. The molecule has 2 aromatic carbocycles. The summed E-state index contributed by atoms with van der Waals surface area (Å²) in [7, 11) is 1.40. The lowest BCUT2D eigenvalue weighted by Gasteiger charge is -2.65. The summed E-state index contributed by atoms with van der Waals surface area (Å²) in [6, 6.07) is 14.6. The molecule has 2 fully saturated rings. The van der Waals surface area contributed by atoms with Gasteiger partial charge >= 0.3 is 5.97 Å². The number of amides is 1. The zero-order valence-electron chi connectivity index (χ0n) is 14.7. The van der Waals surface area contributed by atoms with Crippen molar-refractivity contribution in [3.63, 3.8) is 0 Å². The van der Waals surface area contributed by atoms with Gasteiger partial charge in [-0.2, -0.15) is 0 Å². The molecule has 0 heterocycles. The van der Waals surface area contributed by atoms with Crippen LogP contribution in [0.5, 0.6) is 0 Å². The maximum atomic E-state index is 12.7. The van der Waals surface area contributed by atoms with Gasteiger partial charge in [0.2, 0.25) is 5.91 Å². The van der Waals surface area contributed by atoms with Crippen molar-refractivity contribution in [2.75, 3.05) is 7.11 Å². The van der Waals surface area contributed by atoms with Crippen molar-refractivity contribution in [1.29, 1.82) is 0 Å². The number of hydrogen-bond acceptors (Lipinski definition) is 3. The molecule has 4 rings (SSSR count). The average Bonchev–Trinajstić information content (AvgIpc) is 2.55. The Kier molecular flexibility index (Phi) is 3.60. The Bertz CT molecular complexity index is 855. The van der Waals surface area contributed by atoms with Crippen LogP contribution in [0.2, 0.25) is 0 Å². The van der Waals surface area contributed by atoms with Gasteiger partial charge in [0.25, 0.3) is 0 Å². The van der Waals surface area contributed by atoms with Crippen LogP contribution in [-0.2, 0) is 14.3 Å². The Balaban J connectivity index is 1.83. The Labute approximate surface area is 147 Å². The lowest BCUT2D eigenvalue weighted by molar-refractivity contribution is -0.175. The Hall–Kier alpha value is -2.36. The number of benzene rings is 2. The topological polar surface area (TPSA) is 55.4 Å². The van der Waals surface area contributed by atoms with Gasteiger partial charge in [0.05, 0.1) is 7.11 Å². The first-order valence-corrected chi connectivity index (χ1v) is 8.87. The second-order valence-corrected chi connectivity index (χ2v) is 7.58. The molecule has 0 aromatic heterocycles. The van der Waals surface area contributed by atoms with Crippen LogP contribution in [0.4, 0.5) is 0 Å². The maximum Gasteiger partial charge on any atom is 0.332 e. The van der Waals surface area contributed by atoms with E-state index in [-0.39, 0.29) is 23.2 Å². The van der Waals surface area contributed by atoms with Crippen LogP contribution >= 0.6 is 0 Å². The smallest absolute Gasteiger partial charge is 0.332 e. The Morgan fingerprint density at radius 3 is 2.44 bits per heavy atom. The highest BCUT2D eigenvalue weighted by molar-refractivity contribution is 5.91.